The summed E-state index contributed by atoms with van der Waals surface area (Å²) in [5, 5.41) is 0. The average Bonchev–Trinajstić information content (AvgIpc) is 2.51. The molecule has 8 nitrogen and oxygen atoms in total. The van der Waals surface area contributed by atoms with Crippen LogP contribution in [0.3, 0.4) is 0 Å². The molecule has 0 bridgehead atoms. The second-order valence-corrected chi connectivity index (χ2v) is 6.99. The number of hydrogen-bond donors (Lipinski definition) is 2. The molecule has 2 aliphatic rings. The molecule has 2 heterocycles. The summed E-state index contributed by atoms with van der Waals surface area (Å²) < 4.78 is 34.7. The molecule has 23 heavy (non-hydrogen) atoms. The van der Waals surface area contributed by atoms with Crippen LogP contribution >= 0.6 is 0 Å². The minimum absolute atomic E-state index is 0.0903. The Morgan fingerprint density at radius 2 is 2.30 bits per heavy atom. The van der Waals surface area contributed by atoms with Gasteiger partial charge in [-0.25, -0.2) is 0 Å². The quantitative estimate of drug-likeness (QED) is 0.767. The highest BCUT2D eigenvalue weighted by molar-refractivity contribution is 7.91. The van der Waals surface area contributed by atoms with Crippen LogP contribution in [0.25, 0.3) is 0 Å². The van der Waals surface area contributed by atoms with Crippen molar-refractivity contribution in [2.24, 2.45) is 16.0 Å². The second kappa shape index (κ2) is 6.07. The van der Waals surface area contributed by atoms with Gasteiger partial charge in [-0.05, 0) is 25.0 Å². The fraction of sp³-hybridized carbons (Fsp3) is 0.429. The third kappa shape index (κ3) is 3.39. The number of benzene rings is 1. The Morgan fingerprint density at radius 3 is 3.09 bits per heavy atom. The van der Waals surface area contributed by atoms with E-state index in [0.29, 0.717) is 30.2 Å². The molecule has 3 N–H and O–H groups in total. The smallest absolute Gasteiger partial charge is 0.344 e. The molecule has 1 aromatic carbocycles. The Hall–Kier alpha value is -2.29. The van der Waals surface area contributed by atoms with Gasteiger partial charge in [0.25, 0.3) is 0 Å². The number of likely N-dealkylation sites (tertiary alicyclic amines) is 1. The zero-order valence-electron chi connectivity index (χ0n) is 12.4. The van der Waals surface area contributed by atoms with E-state index in [1.165, 1.54) is 0 Å². The van der Waals surface area contributed by atoms with E-state index in [2.05, 4.69) is 9.12 Å². The van der Waals surface area contributed by atoms with E-state index >= 15 is 0 Å². The number of carbonyl (C=O) groups is 1. The van der Waals surface area contributed by atoms with Crippen molar-refractivity contribution in [3.05, 3.63) is 23.8 Å². The molecule has 1 amide bonds. The maximum absolute atomic E-state index is 11.6. The fourth-order valence-corrected chi connectivity index (χ4v) is 3.72. The Bertz CT molecular complexity index is 747. The number of ether oxygens (including phenoxy) is 1. The lowest BCUT2D eigenvalue weighted by Crippen LogP contribution is -2.36. The van der Waals surface area contributed by atoms with Crippen molar-refractivity contribution in [1.82, 2.24) is 4.90 Å². The minimum Gasteiger partial charge on any atom is -0.492 e. The number of piperidine rings is 1. The molecule has 0 aromatic heterocycles. The van der Waals surface area contributed by atoms with Gasteiger partial charge in [0.15, 0.2) is 5.84 Å². The van der Waals surface area contributed by atoms with Crippen LogP contribution in [0, 0.1) is 5.92 Å². The van der Waals surface area contributed by atoms with Crippen LogP contribution < -0.4 is 15.2 Å². The zero-order chi connectivity index (χ0) is 16.4. The lowest BCUT2D eigenvalue weighted by Gasteiger charge is -2.30. The monoisotopic (exact) mass is 338 g/mol. The number of amidine groups is 1. The lowest BCUT2D eigenvalue weighted by molar-refractivity contribution is -0.119. The van der Waals surface area contributed by atoms with E-state index in [4.69, 9.17) is 10.5 Å². The first-order valence-electron chi connectivity index (χ1n) is 7.32. The Labute approximate surface area is 134 Å². The highest BCUT2D eigenvalue weighted by Crippen LogP contribution is 2.31. The van der Waals surface area contributed by atoms with Gasteiger partial charge in [0.05, 0.1) is 17.9 Å². The lowest BCUT2D eigenvalue weighted by atomic mass is 9.99. The van der Waals surface area contributed by atoms with Gasteiger partial charge >= 0.3 is 10.2 Å². The van der Waals surface area contributed by atoms with Crippen molar-refractivity contribution < 1.29 is 17.9 Å². The van der Waals surface area contributed by atoms with Gasteiger partial charge in [0, 0.05) is 19.0 Å². The first-order chi connectivity index (χ1) is 11.0. The maximum atomic E-state index is 11.6. The summed E-state index contributed by atoms with van der Waals surface area (Å²) in [4.78, 5) is 12.6. The number of nitrogens with one attached hydrogen (secondary N) is 1. The largest absolute Gasteiger partial charge is 0.492 e. The molecule has 124 valence electrons. The molecule has 0 aliphatic carbocycles. The van der Waals surface area contributed by atoms with E-state index in [1.54, 1.807) is 23.1 Å². The van der Waals surface area contributed by atoms with Gasteiger partial charge in [-0.3, -0.25) is 9.52 Å². The molecule has 1 saturated heterocycles. The van der Waals surface area contributed by atoms with Crippen LogP contribution in [0.5, 0.6) is 5.75 Å². The van der Waals surface area contributed by atoms with E-state index in [-0.39, 0.29) is 11.8 Å². The van der Waals surface area contributed by atoms with E-state index < -0.39 is 10.2 Å². The van der Waals surface area contributed by atoms with Gasteiger partial charge in [0.2, 0.25) is 6.41 Å². The summed E-state index contributed by atoms with van der Waals surface area (Å²) in [5.74, 6) is 0.630. The summed E-state index contributed by atoms with van der Waals surface area (Å²) in [6.45, 7) is 1.87. The minimum atomic E-state index is -3.80. The van der Waals surface area contributed by atoms with Gasteiger partial charge < -0.3 is 15.4 Å². The van der Waals surface area contributed by atoms with Gasteiger partial charge in [-0.15, -0.1) is 4.40 Å². The number of hydrogen-bond acceptors (Lipinski definition) is 5. The zero-order valence-corrected chi connectivity index (χ0v) is 13.3. The summed E-state index contributed by atoms with van der Waals surface area (Å²) in [6.07, 6.45) is 2.79. The standard InChI is InChI=1S/C14H18N4O4S/c15-14-13-11(16-23(20,21)17-14)4-1-5-12(13)22-8-10-3-2-6-18(7-10)9-19/h1,4-5,9-10,16H,2-3,6-8H2,(H2,15,17). The molecule has 0 spiro atoms. The van der Waals surface area contributed by atoms with Gasteiger partial charge in [-0.1, -0.05) is 6.07 Å². The number of fused-ring (bicyclic) bond motifs is 1. The molecule has 1 unspecified atom stereocenters. The normalized spacial score (nSPS) is 22.5. The number of nitrogens with two attached hydrogens (primary N) is 1. The van der Waals surface area contributed by atoms with Crippen molar-refractivity contribution >= 4 is 28.1 Å². The molecule has 1 aromatic rings. The number of amides is 1. The van der Waals surface area contributed by atoms with Crippen LogP contribution in [0.4, 0.5) is 5.69 Å². The van der Waals surface area contributed by atoms with Crippen molar-refractivity contribution in [1.29, 1.82) is 0 Å². The van der Waals surface area contributed by atoms with Crippen LogP contribution in [0.15, 0.2) is 22.6 Å². The van der Waals surface area contributed by atoms with Crippen molar-refractivity contribution in [3.8, 4) is 5.75 Å². The topological polar surface area (TPSA) is 114 Å². The fourth-order valence-electron chi connectivity index (χ4n) is 2.87. The summed E-state index contributed by atoms with van der Waals surface area (Å²) in [5.41, 5.74) is 6.58. The third-order valence-corrected chi connectivity index (χ3v) is 4.83. The second-order valence-electron chi connectivity index (χ2n) is 5.65. The summed E-state index contributed by atoms with van der Waals surface area (Å²) in [6, 6.07) is 5.02. The predicted molar refractivity (Wildman–Crippen MR) is 85.6 cm³/mol. The molecular formula is C14H18N4O4S. The predicted octanol–water partition coefficient (Wildman–Crippen LogP) is 0.309. The van der Waals surface area contributed by atoms with Crippen molar-refractivity contribution in [3.63, 3.8) is 0 Å². The number of rotatable bonds is 4. The van der Waals surface area contributed by atoms with Crippen molar-refractivity contribution in [2.45, 2.75) is 12.8 Å². The van der Waals surface area contributed by atoms with E-state index in [0.717, 1.165) is 25.8 Å². The SMILES string of the molecule is NC1=NS(=O)(=O)Nc2cccc(OCC3CCCN(C=O)C3)c21. The molecule has 1 atom stereocenters. The number of anilines is 1. The number of nitrogens with zero attached hydrogens (tertiary/aromatic N) is 2. The molecule has 0 radical (unpaired) electrons. The summed E-state index contributed by atoms with van der Waals surface area (Å²) >= 11 is 0. The molecule has 2 aliphatic heterocycles. The highest BCUT2D eigenvalue weighted by atomic mass is 32.2. The van der Waals surface area contributed by atoms with Crippen LogP contribution in [0.1, 0.15) is 18.4 Å². The highest BCUT2D eigenvalue weighted by Gasteiger charge is 2.25. The average molecular weight is 338 g/mol. The van der Waals surface area contributed by atoms with Gasteiger partial charge in [0.1, 0.15) is 5.75 Å². The summed E-state index contributed by atoms with van der Waals surface area (Å²) in [7, 11) is -3.80. The first-order valence-corrected chi connectivity index (χ1v) is 8.76. The molecule has 3 rings (SSSR count). The molecular weight excluding hydrogens is 320 g/mol. The molecule has 0 saturated carbocycles. The number of carbonyl (C=O) groups excluding carboxylic acids is 1. The van der Waals surface area contributed by atoms with E-state index in [1.807, 2.05) is 0 Å². The first kappa shape index (κ1) is 15.6. The molecule has 9 heteroatoms. The van der Waals surface area contributed by atoms with Crippen molar-refractivity contribution in [2.75, 3.05) is 24.4 Å². The third-order valence-electron chi connectivity index (χ3n) is 3.91. The van der Waals surface area contributed by atoms with Crippen LogP contribution in [-0.4, -0.2) is 45.3 Å². The Morgan fingerprint density at radius 1 is 1.48 bits per heavy atom. The van der Waals surface area contributed by atoms with Crippen LogP contribution in [0.2, 0.25) is 0 Å². The maximum Gasteiger partial charge on any atom is 0.344 e. The van der Waals surface area contributed by atoms with Gasteiger partial charge in [-0.2, -0.15) is 8.42 Å². The Balaban J connectivity index is 1.76. The van der Waals surface area contributed by atoms with Crippen LogP contribution in [-0.2, 0) is 15.0 Å². The Kier molecular flexibility index (Phi) is 4.12. The van der Waals surface area contributed by atoms with E-state index in [9.17, 15) is 13.2 Å². The molecule has 1 fully saturated rings.